The zero-order valence-electron chi connectivity index (χ0n) is 17.7. The van der Waals surface area contributed by atoms with Crippen LogP contribution in [0.2, 0.25) is 0 Å². The molecule has 7 nitrogen and oxygen atoms in total. The highest BCUT2D eigenvalue weighted by Crippen LogP contribution is 2.07. The van der Waals surface area contributed by atoms with Crippen LogP contribution in [0.25, 0.3) is 0 Å². The van der Waals surface area contributed by atoms with Gasteiger partial charge in [-0.05, 0) is 44.1 Å². The first-order valence-corrected chi connectivity index (χ1v) is 9.75. The summed E-state index contributed by atoms with van der Waals surface area (Å²) in [6, 6.07) is 14.9. The zero-order valence-corrected chi connectivity index (χ0v) is 17.7. The number of hydrogen-bond donors (Lipinski definition) is 4. The number of nitrogens with one attached hydrogen (secondary N) is 4. The summed E-state index contributed by atoms with van der Waals surface area (Å²) in [5.41, 5.74) is 2.57. The van der Waals surface area contributed by atoms with Gasteiger partial charge in [-0.15, -0.1) is 13.2 Å². The van der Waals surface area contributed by atoms with E-state index >= 15 is 0 Å². The number of anilines is 1. The van der Waals surface area contributed by atoms with Gasteiger partial charge in [0.05, 0.1) is 5.69 Å². The highest BCUT2D eigenvalue weighted by Gasteiger charge is 2.03. The van der Waals surface area contributed by atoms with Crippen LogP contribution in [0, 0.1) is 0 Å². The van der Waals surface area contributed by atoms with Crippen molar-refractivity contribution in [1.29, 1.82) is 0 Å². The molecule has 0 bridgehead atoms. The number of aryl methyl sites for hydroxylation is 1. The van der Waals surface area contributed by atoms with Gasteiger partial charge in [-0.3, -0.25) is 14.6 Å². The molecule has 30 heavy (non-hydrogen) atoms. The Labute approximate surface area is 177 Å². The Morgan fingerprint density at radius 2 is 1.67 bits per heavy atom. The molecule has 0 aliphatic heterocycles. The largest absolute Gasteiger partial charge is 0.356 e. The molecule has 0 aliphatic rings. The summed E-state index contributed by atoms with van der Waals surface area (Å²) >= 11 is 0. The molecule has 4 N–H and O–H groups in total. The van der Waals surface area contributed by atoms with E-state index in [0.29, 0.717) is 18.9 Å². The minimum absolute atomic E-state index is 0.0925. The molecule has 160 valence electrons. The van der Waals surface area contributed by atoms with Gasteiger partial charge in [0.2, 0.25) is 11.5 Å². The van der Waals surface area contributed by atoms with Crippen LogP contribution in [0.15, 0.2) is 77.5 Å². The summed E-state index contributed by atoms with van der Waals surface area (Å²) in [5, 5.41) is 5.89. The summed E-state index contributed by atoms with van der Waals surface area (Å²) in [7, 11) is 3.75. The maximum absolute atomic E-state index is 11.8. The summed E-state index contributed by atoms with van der Waals surface area (Å²) in [6.07, 6.45) is 3.88. The summed E-state index contributed by atoms with van der Waals surface area (Å²) < 4.78 is 0. The maximum Gasteiger partial charge on any atom is 0.252 e. The Kier molecular flexibility index (Phi) is 11.9. The Bertz CT molecular complexity index is 967. The molecular formula is C23H31N5O2. The van der Waals surface area contributed by atoms with Gasteiger partial charge in [-0.25, -0.2) is 4.98 Å². The van der Waals surface area contributed by atoms with Crippen molar-refractivity contribution >= 4 is 5.95 Å². The van der Waals surface area contributed by atoms with E-state index in [1.54, 1.807) is 12.3 Å². The predicted molar refractivity (Wildman–Crippen MR) is 124 cm³/mol. The van der Waals surface area contributed by atoms with E-state index in [0.717, 1.165) is 29.7 Å². The fraction of sp³-hybridized carbons (Fsp3) is 0.261. The van der Waals surface area contributed by atoms with E-state index in [4.69, 9.17) is 0 Å². The van der Waals surface area contributed by atoms with Gasteiger partial charge in [-0.1, -0.05) is 30.3 Å². The molecule has 3 rings (SSSR count). The van der Waals surface area contributed by atoms with Gasteiger partial charge in [0.25, 0.3) is 5.56 Å². The Morgan fingerprint density at radius 3 is 2.33 bits per heavy atom. The van der Waals surface area contributed by atoms with Crippen molar-refractivity contribution in [3.63, 3.8) is 0 Å². The minimum Gasteiger partial charge on any atom is -0.356 e. The molecule has 0 aliphatic carbocycles. The van der Waals surface area contributed by atoms with Crippen LogP contribution in [0.5, 0.6) is 0 Å². The first-order valence-electron chi connectivity index (χ1n) is 9.75. The molecule has 2 aromatic heterocycles. The predicted octanol–water partition coefficient (Wildman–Crippen LogP) is 2.73. The van der Waals surface area contributed by atoms with Gasteiger partial charge in [0, 0.05) is 31.3 Å². The van der Waals surface area contributed by atoms with E-state index in [9.17, 15) is 9.59 Å². The first kappa shape index (κ1) is 24.6. The molecule has 1 aromatic carbocycles. The number of aromatic nitrogens is 3. The van der Waals surface area contributed by atoms with Gasteiger partial charge < -0.3 is 15.6 Å². The van der Waals surface area contributed by atoms with Crippen LogP contribution < -0.4 is 21.8 Å². The smallest absolute Gasteiger partial charge is 0.252 e. The second kappa shape index (κ2) is 14.5. The van der Waals surface area contributed by atoms with Crippen LogP contribution in [0.1, 0.15) is 23.2 Å². The third kappa shape index (κ3) is 9.66. The molecule has 0 saturated heterocycles. The first-order chi connectivity index (χ1) is 14.6. The van der Waals surface area contributed by atoms with E-state index < -0.39 is 0 Å². The molecule has 0 fully saturated rings. The molecule has 0 radical (unpaired) electrons. The van der Waals surface area contributed by atoms with Crippen LogP contribution in [0.4, 0.5) is 5.95 Å². The lowest BCUT2D eigenvalue weighted by atomic mass is 10.1. The molecular weight excluding hydrogens is 378 g/mol. The fourth-order valence-electron chi connectivity index (χ4n) is 2.63. The molecule has 0 atom stereocenters. The SMILES string of the molecule is C=C.CNC.O=c1cc(CCCNc2nc(Cc3ccccc3)cc(=O)[nH]2)cc[nH]1. The van der Waals surface area contributed by atoms with Crippen molar-refractivity contribution in [1.82, 2.24) is 20.3 Å². The van der Waals surface area contributed by atoms with Gasteiger partial charge >= 0.3 is 0 Å². The monoisotopic (exact) mass is 409 g/mol. The number of nitrogens with zero attached hydrogens (tertiary/aromatic N) is 1. The average Bonchev–Trinajstić information content (AvgIpc) is 2.74. The lowest BCUT2D eigenvalue weighted by Gasteiger charge is -2.07. The van der Waals surface area contributed by atoms with Gasteiger partial charge in [0.15, 0.2) is 0 Å². The normalized spacial score (nSPS) is 9.53. The van der Waals surface area contributed by atoms with Crippen molar-refractivity contribution in [2.75, 3.05) is 26.0 Å². The summed E-state index contributed by atoms with van der Waals surface area (Å²) in [6.45, 7) is 6.66. The second-order valence-corrected chi connectivity index (χ2v) is 6.34. The Morgan fingerprint density at radius 1 is 0.967 bits per heavy atom. The van der Waals surface area contributed by atoms with Crippen LogP contribution in [-0.4, -0.2) is 35.6 Å². The second-order valence-electron chi connectivity index (χ2n) is 6.34. The van der Waals surface area contributed by atoms with Crippen molar-refractivity contribution in [2.45, 2.75) is 19.3 Å². The van der Waals surface area contributed by atoms with Crippen molar-refractivity contribution in [3.8, 4) is 0 Å². The minimum atomic E-state index is -0.168. The molecule has 7 heteroatoms. The number of aromatic amines is 2. The van der Waals surface area contributed by atoms with Crippen molar-refractivity contribution in [3.05, 3.63) is 105 Å². The molecule has 0 unspecified atom stereocenters. The van der Waals surface area contributed by atoms with E-state index in [-0.39, 0.29) is 11.1 Å². The maximum atomic E-state index is 11.8. The third-order valence-corrected chi connectivity index (χ3v) is 3.80. The van der Waals surface area contributed by atoms with Crippen LogP contribution >= 0.6 is 0 Å². The van der Waals surface area contributed by atoms with E-state index in [1.807, 2.05) is 50.5 Å². The summed E-state index contributed by atoms with van der Waals surface area (Å²) in [5.74, 6) is 0.476. The lowest BCUT2D eigenvalue weighted by Crippen LogP contribution is -2.15. The summed E-state index contributed by atoms with van der Waals surface area (Å²) in [4.78, 5) is 32.8. The van der Waals surface area contributed by atoms with Crippen molar-refractivity contribution in [2.24, 2.45) is 0 Å². The van der Waals surface area contributed by atoms with Gasteiger partial charge in [-0.2, -0.15) is 0 Å². The highest BCUT2D eigenvalue weighted by molar-refractivity contribution is 5.28. The molecule has 0 spiro atoms. The number of hydrogen-bond acceptors (Lipinski definition) is 5. The van der Waals surface area contributed by atoms with Crippen LogP contribution in [0.3, 0.4) is 0 Å². The topological polar surface area (TPSA) is 103 Å². The quantitative estimate of drug-likeness (QED) is 0.355. The van der Waals surface area contributed by atoms with Crippen molar-refractivity contribution < 1.29 is 0 Å². The number of pyridine rings is 1. The number of rotatable bonds is 7. The third-order valence-electron chi connectivity index (χ3n) is 3.80. The lowest BCUT2D eigenvalue weighted by molar-refractivity contribution is 0.844. The average molecular weight is 410 g/mol. The van der Waals surface area contributed by atoms with E-state index in [2.05, 4.69) is 38.7 Å². The molecule has 0 amide bonds. The number of H-pyrrole nitrogens is 2. The standard InChI is InChI=1S/C19H20N4O2.C2H7N.C2H4/c24-17-12-15(8-10-20-17)7-4-9-21-19-22-16(13-18(25)23-19)11-14-5-2-1-3-6-14;1-3-2;1-2/h1-3,5-6,8,10,12-13H,4,7,9,11H2,(H,20,24)(H2,21,22,23,25);3H,1-2H3;1-2H2. The number of benzene rings is 1. The Balaban J connectivity index is 0.000000826. The van der Waals surface area contributed by atoms with Crippen LogP contribution in [-0.2, 0) is 12.8 Å². The molecule has 2 heterocycles. The molecule has 3 aromatic rings. The Hall–Kier alpha value is -3.45. The highest BCUT2D eigenvalue weighted by atomic mass is 16.1. The zero-order chi connectivity index (χ0) is 22.2. The van der Waals surface area contributed by atoms with Gasteiger partial charge in [0.1, 0.15) is 0 Å². The molecule has 0 saturated carbocycles. The van der Waals surface area contributed by atoms with E-state index in [1.165, 1.54) is 6.07 Å². The fourth-order valence-corrected chi connectivity index (χ4v) is 2.63.